The summed E-state index contributed by atoms with van der Waals surface area (Å²) >= 11 is 6.60. The predicted octanol–water partition coefficient (Wildman–Crippen LogP) is 5.00. The molecule has 2 aromatic carbocycles. The maximum Gasteiger partial charge on any atom is 0.242 e. The van der Waals surface area contributed by atoms with E-state index in [-0.39, 0.29) is 11.9 Å². The van der Waals surface area contributed by atoms with Gasteiger partial charge in [-0.2, -0.15) is 5.10 Å². The van der Waals surface area contributed by atoms with Crippen LogP contribution in [0.1, 0.15) is 36.9 Å². The van der Waals surface area contributed by atoms with E-state index in [2.05, 4.69) is 10.1 Å². The normalized spacial score (nSPS) is 15.6. The van der Waals surface area contributed by atoms with Crippen molar-refractivity contribution in [2.45, 2.75) is 25.8 Å². The summed E-state index contributed by atoms with van der Waals surface area (Å²) in [5.41, 5.74) is 3.10. The Labute approximate surface area is 191 Å². The molecule has 8 heteroatoms. The number of hydrogen-bond acceptors (Lipinski definition) is 6. The largest absolute Gasteiger partial charge is 0.497 e. The minimum absolute atomic E-state index is 0.0867. The molecule has 0 radical (unpaired) electrons. The van der Waals surface area contributed by atoms with Crippen molar-refractivity contribution in [1.29, 1.82) is 0 Å². The van der Waals surface area contributed by atoms with Crippen LogP contribution in [0.5, 0.6) is 17.2 Å². The van der Waals surface area contributed by atoms with Crippen LogP contribution in [0, 0.1) is 0 Å². The summed E-state index contributed by atoms with van der Waals surface area (Å²) in [4.78, 5) is 17.3. The topological polar surface area (TPSA) is 73.3 Å². The van der Waals surface area contributed by atoms with Gasteiger partial charge in [-0.05, 0) is 36.4 Å². The molecule has 0 aliphatic carbocycles. The second-order valence-electron chi connectivity index (χ2n) is 7.36. The smallest absolute Gasteiger partial charge is 0.242 e. The molecule has 0 fully saturated rings. The summed E-state index contributed by atoms with van der Waals surface area (Å²) in [7, 11) is 4.78. The number of pyridine rings is 1. The molecule has 7 nitrogen and oxygen atoms in total. The quantitative estimate of drug-likeness (QED) is 0.491. The van der Waals surface area contributed by atoms with Gasteiger partial charge in [-0.3, -0.25) is 4.79 Å². The average molecular weight is 454 g/mol. The molecule has 1 amide bonds. The molecule has 1 aromatic heterocycles. The second kappa shape index (κ2) is 9.04. The fraction of sp³-hybridized carbons (Fsp3) is 0.292. The van der Waals surface area contributed by atoms with E-state index in [1.54, 1.807) is 21.3 Å². The zero-order chi connectivity index (χ0) is 22.8. The zero-order valence-electron chi connectivity index (χ0n) is 18.4. The monoisotopic (exact) mass is 453 g/mol. The predicted molar refractivity (Wildman–Crippen MR) is 124 cm³/mol. The van der Waals surface area contributed by atoms with Crippen molar-refractivity contribution in [2.75, 3.05) is 21.3 Å². The van der Waals surface area contributed by atoms with Crippen LogP contribution < -0.4 is 14.2 Å². The number of rotatable bonds is 6. The lowest BCUT2D eigenvalue weighted by Crippen LogP contribution is -2.26. The van der Waals surface area contributed by atoms with E-state index in [1.165, 1.54) is 5.01 Å². The fourth-order valence-corrected chi connectivity index (χ4v) is 4.11. The van der Waals surface area contributed by atoms with Gasteiger partial charge in [0, 0.05) is 35.4 Å². The van der Waals surface area contributed by atoms with Gasteiger partial charge in [0.05, 0.1) is 38.6 Å². The Morgan fingerprint density at radius 2 is 1.84 bits per heavy atom. The SMILES string of the molecule is CCC(=O)N1N=C(c2ccc(OC)c(OC)c2)C[C@H]1c1cc2ccc(OC)cc2nc1Cl. The Morgan fingerprint density at radius 3 is 2.53 bits per heavy atom. The highest BCUT2D eigenvalue weighted by Gasteiger charge is 2.34. The first-order chi connectivity index (χ1) is 15.5. The molecule has 0 spiro atoms. The number of fused-ring (bicyclic) bond motifs is 1. The lowest BCUT2D eigenvalue weighted by Gasteiger charge is -2.22. The minimum Gasteiger partial charge on any atom is -0.497 e. The Morgan fingerprint density at radius 1 is 1.06 bits per heavy atom. The Hall–Kier alpha value is -3.32. The van der Waals surface area contributed by atoms with E-state index in [0.717, 1.165) is 27.7 Å². The number of halogens is 1. The summed E-state index contributed by atoms with van der Waals surface area (Å²) in [6.45, 7) is 1.82. The van der Waals surface area contributed by atoms with Gasteiger partial charge < -0.3 is 14.2 Å². The van der Waals surface area contributed by atoms with Gasteiger partial charge >= 0.3 is 0 Å². The second-order valence-corrected chi connectivity index (χ2v) is 7.71. The number of methoxy groups -OCH3 is 3. The van der Waals surface area contributed by atoms with Gasteiger partial charge in [0.25, 0.3) is 0 Å². The number of nitrogens with zero attached hydrogens (tertiary/aromatic N) is 3. The van der Waals surface area contributed by atoms with Crippen LogP contribution in [0.2, 0.25) is 5.15 Å². The van der Waals surface area contributed by atoms with Crippen molar-refractivity contribution in [3.05, 3.63) is 58.7 Å². The number of carbonyl (C=O) groups is 1. The van der Waals surface area contributed by atoms with Gasteiger partial charge in [0.2, 0.25) is 5.91 Å². The first-order valence-electron chi connectivity index (χ1n) is 10.2. The first kappa shape index (κ1) is 21.9. The van der Waals surface area contributed by atoms with E-state index >= 15 is 0 Å². The number of carbonyl (C=O) groups excluding carboxylic acids is 1. The molecule has 1 atom stereocenters. The molecule has 0 unspecified atom stereocenters. The molecule has 0 saturated carbocycles. The van der Waals surface area contributed by atoms with Crippen molar-refractivity contribution >= 4 is 34.1 Å². The molecule has 32 heavy (non-hydrogen) atoms. The number of benzene rings is 2. The van der Waals surface area contributed by atoms with E-state index in [0.29, 0.717) is 35.2 Å². The zero-order valence-corrected chi connectivity index (χ0v) is 19.1. The number of aromatic nitrogens is 1. The number of amides is 1. The van der Waals surface area contributed by atoms with Gasteiger partial charge in [-0.15, -0.1) is 0 Å². The molecule has 3 aromatic rings. The summed E-state index contributed by atoms with van der Waals surface area (Å²) in [5.74, 6) is 1.85. The molecule has 1 aliphatic heterocycles. The van der Waals surface area contributed by atoms with Crippen LogP contribution >= 0.6 is 11.6 Å². The molecular formula is C24H24ClN3O4. The molecule has 0 saturated heterocycles. The third-order valence-corrected chi connectivity index (χ3v) is 5.85. The number of hydrogen-bond donors (Lipinski definition) is 0. The molecule has 2 heterocycles. The summed E-state index contributed by atoms with van der Waals surface area (Å²) < 4.78 is 16.0. The van der Waals surface area contributed by atoms with E-state index in [1.807, 2.05) is 49.4 Å². The Bertz CT molecular complexity index is 1210. The van der Waals surface area contributed by atoms with Crippen LogP contribution in [0.25, 0.3) is 10.9 Å². The van der Waals surface area contributed by atoms with Crippen molar-refractivity contribution in [3.63, 3.8) is 0 Å². The van der Waals surface area contributed by atoms with Crippen molar-refractivity contribution in [1.82, 2.24) is 9.99 Å². The molecule has 4 rings (SSSR count). The van der Waals surface area contributed by atoms with Gasteiger partial charge in [-0.1, -0.05) is 18.5 Å². The summed E-state index contributed by atoms with van der Waals surface area (Å²) in [5, 5.41) is 7.43. The lowest BCUT2D eigenvalue weighted by atomic mass is 9.98. The molecule has 1 aliphatic rings. The van der Waals surface area contributed by atoms with Crippen LogP contribution in [0.4, 0.5) is 0 Å². The van der Waals surface area contributed by atoms with Crippen LogP contribution in [0.3, 0.4) is 0 Å². The van der Waals surface area contributed by atoms with Crippen molar-refractivity contribution in [2.24, 2.45) is 5.10 Å². The first-order valence-corrected chi connectivity index (χ1v) is 10.6. The summed E-state index contributed by atoms with van der Waals surface area (Å²) in [6.07, 6.45) is 0.833. The summed E-state index contributed by atoms with van der Waals surface area (Å²) in [6, 6.07) is 12.9. The fourth-order valence-electron chi connectivity index (χ4n) is 3.84. The molecule has 0 N–H and O–H groups in total. The van der Waals surface area contributed by atoms with Gasteiger partial charge in [-0.25, -0.2) is 9.99 Å². The maximum atomic E-state index is 12.8. The van der Waals surface area contributed by atoms with Crippen molar-refractivity contribution in [3.8, 4) is 17.2 Å². The van der Waals surface area contributed by atoms with Crippen molar-refractivity contribution < 1.29 is 19.0 Å². The standard InChI is InChI=1S/C24H24ClN3O4/c1-5-23(29)28-20(13-19(27-28)15-7-9-21(31-3)22(11-15)32-4)17-10-14-6-8-16(30-2)12-18(14)26-24(17)25/h6-12,20H,5,13H2,1-4H3/t20-/m0/s1. The average Bonchev–Trinajstić information content (AvgIpc) is 3.27. The number of hydrazone groups is 1. The molecule has 0 bridgehead atoms. The maximum absolute atomic E-state index is 12.8. The Balaban J connectivity index is 1.75. The van der Waals surface area contributed by atoms with E-state index < -0.39 is 0 Å². The Kier molecular flexibility index (Phi) is 6.19. The highest BCUT2D eigenvalue weighted by Crippen LogP contribution is 2.39. The third kappa shape index (κ3) is 3.96. The number of ether oxygens (including phenoxy) is 3. The lowest BCUT2D eigenvalue weighted by molar-refractivity contribution is -0.132. The van der Waals surface area contributed by atoms with E-state index in [4.69, 9.17) is 25.8 Å². The minimum atomic E-state index is -0.350. The molecular weight excluding hydrogens is 430 g/mol. The van der Waals surface area contributed by atoms with Crippen LogP contribution in [-0.4, -0.2) is 42.9 Å². The van der Waals surface area contributed by atoms with Gasteiger partial charge in [0.15, 0.2) is 11.5 Å². The van der Waals surface area contributed by atoms with Crippen LogP contribution in [0.15, 0.2) is 47.6 Å². The third-order valence-electron chi connectivity index (χ3n) is 5.55. The molecule has 166 valence electrons. The highest BCUT2D eigenvalue weighted by molar-refractivity contribution is 6.30. The highest BCUT2D eigenvalue weighted by atomic mass is 35.5. The van der Waals surface area contributed by atoms with E-state index in [9.17, 15) is 4.79 Å². The van der Waals surface area contributed by atoms with Crippen LogP contribution in [-0.2, 0) is 4.79 Å². The van der Waals surface area contributed by atoms with Gasteiger partial charge in [0.1, 0.15) is 10.9 Å².